The highest BCUT2D eigenvalue weighted by atomic mass is 35.5. The average molecular weight is 221 g/mol. The Kier molecular flexibility index (Phi) is 2.69. The summed E-state index contributed by atoms with van der Waals surface area (Å²) in [6, 6.07) is 7.18. The van der Waals surface area contributed by atoms with Crippen molar-refractivity contribution in [3.05, 3.63) is 41.7 Å². The normalized spacial score (nSPS) is 9.93. The maximum absolute atomic E-state index is 5.76. The number of halogens is 1. The fraction of sp³-hybridized carbons (Fsp3) is 0. The molecule has 0 atom stereocenters. The van der Waals surface area contributed by atoms with Crippen molar-refractivity contribution in [1.29, 1.82) is 0 Å². The number of nitrogens with two attached hydrogens (primary N) is 1. The smallest absolute Gasteiger partial charge is 0.144 e. The Hall–Kier alpha value is -1.81. The zero-order valence-electron chi connectivity index (χ0n) is 7.81. The van der Waals surface area contributed by atoms with Crippen LogP contribution in [-0.4, -0.2) is 9.97 Å². The van der Waals surface area contributed by atoms with Gasteiger partial charge in [-0.2, -0.15) is 0 Å². The number of pyridine rings is 2. The molecule has 2 aromatic heterocycles. The third-order valence-corrected chi connectivity index (χ3v) is 2.13. The van der Waals surface area contributed by atoms with Crippen molar-refractivity contribution in [2.45, 2.75) is 0 Å². The van der Waals surface area contributed by atoms with Crippen LogP contribution in [0.5, 0.6) is 0 Å². The number of hydrogen-bond acceptors (Lipinski definition) is 4. The second-order valence-corrected chi connectivity index (χ2v) is 3.34. The molecular weight excluding hydrogens is 212 g/mol. The van der Waals surface area contributed by atoms with Crippen molar-refractivity contribution >= 4 is 28.9 Å². The minimum Gasteiger partial charge on any atom is -0.382 e. The lowest BCUT2D eigenvalue weighted by Gasteiger charge is -2.05. The van der Waals surface area contributed by atoms with Crippen LogP contribution in [0.15, 0.2) is 36.7 Å². The van der Waals surface area contributed by atoms with Crippen LogP contribution in [0.1, 0.15) is 0 Å². The zero-order valence-corrected chi connectivity index (χ0v) is 8.57. The van der Waals surface area contributed by atoms with Crippen LogP contribution in [0.25, 0.3) is 0 Å². The molecule has 15 heavy (non-hydrogen) atoms. The van der Waals surface area contributed by atoms with Gasteiger partial charge < -0.3 is 11.1 Å². The first kappa shape index (κ1) is 9.73. The SMILES string of the molecule is Nc1nc(Nc2cccnc2)ccc1Cl. The number of anilines is 3. The third kappa shape index (κ3) is 2.35. The van der Waals surface area contributed by atoms with Gasteiger partial charge >= 0.3 is 0 Å². The fourth-order valence-electron chi connectivity index (χ4n) is 1.11. The van der Waals surface area contributed by atoms with Gasteiger partial charge in [0, 0.05) is 6.20 Å². The van der Waals surface area contributed by atoms with E-state index >= 15 is 0 Å². The molecule has 0 aliphatic carbocycles. The van der Waals surface area contributed by atoms with Gasteiger partial charge in [0.15, 0.2) is 0 Å². The Bertz CT molecular complexity index is 458. The second kappa shape index (κ2) is 4.14. The molecule has 0 aliphatic heterocycles. The molecule has 0 unspecified atom stereocenters. The molecule has 0 aromatic carbocycles. The fourth-order valence-corrected chi connectivity index (χ4v) is 1.22. The molecule has 0 fully saturated rings. The lowest BCUT2D eigenvalue weighted by Crippen LogP contribution is -1.97. The lowest BCUT2D eigenvalue weighted by atomic mass is 10.4. The molecule has 3 N–H and O–H groups in total. The minimum absolute atomic E-state index is 0.311. The van der Waals surface area contributed by atoms with Gasteiger partial charge in [-0.25, -0.2) is 4.98 Å². The predicted octanol–water partition coefficient (Wildman–Crippen LogP) is 2.46. The Morgan fingerprint density at radius 2 is 2.13 bits per heavy atom. The van der Waals surface area contributed by atoms with Crippen LogP contribution in [-0.2, 0) is 0 Å². The molecule has 2 rings (SSSR count). The summed E-state index contributed by atoms with van der Waals surface area (Å²) in [6.07, 6.45) is 3.40. The summed E-state index contributed by atoms with van der Waals surface area (Å²) >= 11 is 5.76. The lowest BCUT2D eigenvalue weighted by molar-refractivity contribution is 1.28. The molecule has 0 aliphatic rings. The van der Waals surface area contributed by atoms with Crippen molar-refractivity contribution in [3.8, 4) is 0 Å². The number of aromatic nitrogens is 2. The quantitative estimate of drug-likeness (QED) is 0.816. The first-order chi connectivity index (χ1) is 7.25. The number of nitrogens with one attached hydrogen (secondary N) is 1. The van der Waals surface area contributed by atoms with Gasteiger partial charge in [-0.3, -0.25) is 4.98 Å². The Morgan fingerprint density at radius 1 is 1.27 bits per heavy atom. The van der Waals surface area contributed by atoms with Crippen LogP contribution >= 0.6 is 11.6 Å². The van der Waals surface area contributed by atoms with Crippen LogP contribution in [0, 0.1) is 0 Å². The molecule has 5 heteroatoms. The molecule has 2 heterocycles. The van der Waals surface area contributed by atoms with Crippen LogP contribution in [0.3, 0.4) is 0 Å². The van der Waals surface area contributed by atoms with Crippen LogP contribution in [0.4, 0.5) is 17.3 Å². The van der Waals surface area contributed by atoms with Crippen LogP contribution in [0.2, 0.25) is 5.02 Å². The van der Waals surface area contributed by atoms with Crippen molar-refractivity contribution < 1.29 is 0 Å². The maximum Gasteiger partial charge on any atom is 0.144 e. The minimum atomic E-state index is 0.311. The first-order valence-electron chi connectivity index (χ1n) is 4.35. The molecule has 0 amide bonds. The van der Waals surface area contributed by atoms with E-state index in [1.165, 1.54) is 0 Å². The molecule has 0 radical (unpaired) electrons. The highest BCUT2D eigenvalue weighted by Gasteiger charge is 2.00. The van der Waals surface area contributed by atoms with E-state index in [2.05, 4.69) is 15.3 Å². The van der Waals surface area contributed by atoms with Gasteiger partial charge in [-0.15, -0.1) is 0 Å². The van der Waals surface area contributed by atoms with E-state index in [4.69, 9.17) is 17.3 Å². The predicted molar refractivity (Wildman–Crippen MR) is 61.2 cm³/mol. The second-order valence-electron chi connectivity index (χ2n) is 2.93. The molecule has 0 saturated heterocycles. The zero-order chi connectivity index (χ0) is 10.7. The summed E-state index contributed by atoms with van der Waals surface area (Å²) in [4.78, 5) is 8.05. The number of rotatable bonds is 2. The highest BCUT2D eigenvalue weighted by molar-refractivity contribution is 6.32. The number of nitrogen functional groups attached to an aromatic ring is 1. The van der Waals surface area contributed by atoms with Gasteiger partial charge in [0.05, 0.1) is 16.9 Å². The van der Waals surface area contributed by atoms with Crippen molar-refractivity contribution in [3.63, 3.8) is 0 Å². The average Bonchev–Trinajstić information content (AvgIpc) is 2.25. The monoisotopic (exact) mass is 220 g/mol. The van der Waals surface area contributed by atoms with E-state index in [1.54, 1.807) is 24.5 Å². The van der Waals surface area contributed by atoms with Crippen molar-refractivity contribution in [2.75, 3.05) is 11.1 Å². The van der Waals surface area contributed by atoms with E-state index in [1.807, 2.05) is 12.1 Å². The molecular formula is C10H9ClN4. The van der Waals surface area contributed by atoms with Gasteiger partial charge in [0.1, 0.15) is 11.6 Å². The summed E-state index contributed by atoms with van der Waals surface area (Å²) in [5.74, 6) is 0.954. The third-order valence-electron chi connectivity index (χ3n) is 1.81. The molecule has 4 nitrogen and oxygen atoms in total. The van der Waals surface area contributed by atoms with Gasteiger partial charge in [-0.05, 0) is 24.3 Å². The molecule has 76 valence electrons. The van der Waals surface area contributed by atoms with Crippen molar-refractivity contribution in [2.24, 2.45) is 0 Å². The Morgan fingerprint density at radius 3 is 2.80 bits per heavy atom. The topological polar surface area (TPSA) is 63.8 Å². The summed E-state index contributed by atoms with van der Waals surface area (Å²) < 4.78 is 0. The number of hydrogen-bond donors (Lipinski definition) is 2. The molecule has 0 saturated carbocycles. The Labute approximate surface area is 92.1 Å². The summed E-state index contributed by atoms with van der Waals surface area (Å²) in [5.41, 5.74) is 6.43. The highest BCUT2D eigenvalue weighted by Crippen LogP contribution is 2.20. The first-order valence-corrected chi connectivity index (χ1v) is 4.72. The van der Waals surface area contributed by atoms with E-state index in [0.717, 1.165) is 5.69 Å². The van der Waals surface area contributed by atoms with Crippen molar-refractivity contribution in [1.82, 2.24) is 9.97 Å². The standard InChI is InChI=1S/C10H9ClN4/c11-8-3-4-9(15-10(8)12)14-7-2-1-5-13-6-7/h1-6H,(H3,12,14,15). The summed E-state index contributed by atoms with van der Waals surface area (Å²) in [7, 11) is 0. The Balaban J connectivity index is 2.22. The van der Waals surface area contributed by atoms with Gasteiger partial charge in [-0.1, -0.05) is 11.6 Å². The van der Waals surface area contributed by atoms with E-state index in [-0.39, 0.29) is 0 Å². The van der Waals surface area contributed by atoms with Gasteiger partial charge in [0.25, 0.3) is 0 Å². The number of nitrogens with zero attached hydrogens (tertiary/aromatic N) is 2. The van der Waals surface area contributed by atoms with Crippen LogP contribution < -0.4 is 11.1 Å². The summed E-state index contributed by atoms with van der Waals surface area (Å²) in [6.45, 7) is 0. The van der Waals surface area contributed by atoms with E-state index in [9.17, 15) is 0 Å². The van der Waals surface area contributed by atoms with E-state index in [0.29, 0.717) is 16.7 Å². The van der Waals surface area contributed by atoms with E-state index < -0.39 is 0 Å². The molecule has 0 spiro atoms. The largest absolute Gasteiger partial charge is 0.382 e. The molecule has 0 bridgehead atoms. The van der Waals surface area contributed by atoms with Gasteiger partial charge in [0.2, 0.25) is 0 Å². The molecule has 2 aromatic rings. The summed E-state index contributed by atoms with van der Waals surface area (Å²) in [5, 5.41) is 3.51. The maximum atomic E-state index is 5.76.